The van der Waals surface area contributed by atoms with Gasteiger partial charge in [-0.2, -0.15) is 0 Å². The van der Waals surface area contributed by atoms with Crippen LogP contribution in [0.5, 0.6) is 0 Å². The molecule has 3 fully saturated rings. The quantitative estimate of drug-likeness (QED) is 0.521. The zero-order chi connectivity index (χ0) is 15.4. The van der Waals surface area contributed by atoms with Crippen molar-refractivity contribution >= 4 is 23.3 Å². The van der Waals surface area contributed by atoms with E-state index in [0.717, 1.165) is 12.8 Å². The average molecular weight is 302 g/mol. The van der Waals surface area contributed by atoms with E-state index in [0.29, 0.717) is 5.69 Å². The number of nitrogens with zero attached hydrogens (tertiary/aromatic N) is 1. The minimum absolute atomic E-state index is 0.00985. The van der Waals surface area contributed by atoms with Gasteiger partial charge in [0.25, 0.3) is 5.69 Å². The van der Waals surface area contributed by atoms with Gasteiger partial charge in [0.05, 0.1) is 16.8 Å². The number of nitrogens with one attached hydrogen (secondary N) is 1. The van der Waals surface area contributed by atoms with Crippen molar-refractivity contribution in [3.05, 3.63) is 34.4 Å². The number of nitro groups is 1. The van der Waals surface area contributed by atoms with Crippen LogP contribution < -0.4 is 5.32 Å². The molecule has 114 valence electrons. The summed E-state index contributed by atoms with van der Waals surface area (Å²) >= 11 is 0. The highest BCUT2D eigenvalue weighted by atomic mass is 16.6. The number of anilines is 1. The van der Waals surface area contributed by atoms with E-state index >= 15 is 0 Å². The lowest BCUT2D eigenvalue weighted by atomic mass is 9.79. The Morgan fingerprint density at radius 2 is 2.18 bits per heavy atom. The Labute approximate surface area is 125 Å². The lowest BCUT2D eigenvalue weighted by Gasteiger charge is -2.23. The molecular formula is C15H14N2O5. The van der Waals surface area contributed by atoms with E-state index in [9.17, 15) is 19.7 Å². The molecule has 0 aromatic heterocycles. The molecule has 1 aromatic rings. The molecule has 1 heterocycles. The molecule has 2 saturated carbocycles. The second-order valence-corrected chi connectivity index (χ2v) is 6.22. The fourth-order valence-electron chi connectivity index (χ4n) is 4.29. The van der Waals surface area contributed by atoms with Crippen LogP contribution in [-0.4, -0.2) is 22.9 Å². The topological polar surface area (TPSA) is 98.5 Å². The third-order valence-electron chi connectivity index (χ3n) is 5.11. The van der Waals surface area contributed by atoms with Crippen molar-refractivity contribution < 1.29 is 19.2 Å². The molecule has 5 unspecified atom stereocenters. The van der Waals surface area contributed by atoms with E-state index in [-0.39, 0.29) is 47.3 Å². The van der Waals surface area contributed by atoms with Crippen LogP contribution in [0.3, 0.4) is 0 Å². The number of non-ortho nitro benzene ring substituents is 1. The molecule has 1 aromatic carbocycles. The van der Waals surface area contributed by atoms with Crippen LogP contribution >= 0.6 is 0 Å². The number of benzene rings is 1. The Balaban J connectivity index is 1.55. The maximum atomic E-state index is 12.5. The first-order valence-electron chi connectivity index (χ1n) is 7.30. The zero-order valence-electron chi connectivity index (χ0n) is 11.6. The first-order valence-corrected chi connectivity index (χ1v) is 7.30. The van der Waals surface area contributed by atoms with Crippen molar-refractivity contribution in [3.8, 4) is 0 Å². The number of rotatable bonds is 3. The summed E-state index contributed by atoms with van der Waals surface area (Å²) in [4.78, 5) is 34.7. The van der Waals surface area contributed by atoms with Crippen LogP contribution in [-0.2, 0) is 14.3 Å². The number of carbonyl (C=O) groups excluding carboxylic acids is 2. The Morgan fingerprint density at radius 1 is 1.36 bits per heavy atom. The number of carbonyl (C=O) groups is 2. The van der Waals surface area contributed by atoms with Crippen molar-refractivity contribution in [2.24, 2.45) is 23.7 Å². The van der Waals surface area contributed by atoms with Crippen LogP contribution in [0, 0.1) is 33.8 Å². The number of ether oxygens (including phenoxy) is 1. The summed E-state index contributed by atoms with van der Waals surface area (Å²) in [5.41, 5.74) is 0.302. The molecule has 2 bridgehead atoms. The third-order valence-corrected chi connectivity index (χ3v) is 5.11. The Hall–Kier alpha value is -2.44. The summed E-state index contributed by atoms with van der Waals surface area (Å²) in [5.74, 6) is -0.897. The van der Waals surface area contributed by atoms with Gasteiger partial charge in [-0.25, -0.2) is 0 Å². The number of hydrogen-bond acceptors (Lipinski definition) is 5. The highest BCUT2D eigenvalue weighted by Gasteiger charge is 2.63. The highest BCUT2D eigenvalue weighted by Crippen LogP contribution is 2.57. The lowest BCUT2D eigenvalue weighted by Crippen LogP contribution is -2.35. The highest BCUT2D eigenvalue weighted by molar-refractivity contribution is 5.97. The molecule has 1 N–H and O–H groups in total. The van der Waals surface area contributed by atoms with Crippen LogP contribution in [0.4, 0.5) is 11.4 Å². The van der Waals surface area contributed by atoms with Crippen molar-refractivity contribution in [2.75, 3.05) is 5.32 Å². The smallest absolute Gasteiger partial charge is 0.310 e. The average Bonchev–Trinajstić information content (AvgIpc) is 3.08. The largest absolute Gasteiger partial charge is 0.462 e. The number of hydrogen-bond donors (Lipinski definition) is 1. The van der Waals surface area contributed by atoms with Crippen molar-refractivity contribution in [3.63, 3.8) is 0 Å². The fourth-order valence-corrected chi connectivity index (χ4v) is 4.29. The van der Waals surface area contributed by atoms with E-state index in [4.69, 9.17) is 4.74 Å². The summed E-state index contributed by atoms with van der Waals surface area (Å²) in [5, 5.41) is 13.5. The zero-order valence-corrected chi connectivity index (χ0v) is 11.6. The molecule has 1 saturated heterocycles. The van der Waals surface area contributed by atoms with E-state index in [2.05, 4.69) is 5.32 Å². The minimum Gasteiger partial charge on any atom is -0.462 e. The molecule has 7 heteroatoms. The predicted molar refractivity (Wildman–Crippen MR) is 74.8 cm³/mol. The summed E-state index contributed by atoms with van der Waals surface area (Å²) in [6.45, 7) is 0. The summed E-state index contributed by atoms with van der Waals surface area (Å²) in [6, 6.07) is 5.81. The van der Waals surface area contributed by atoms with E-state index in [1.54, 1.807) is 6.07 Å². The monoisotopic (exact) mass is 302 g/mol. The summed E-state index contributed by atoms with van der Waals surface area (Å²) < 4.78 is 5.31. The number of fused-ring (bicyclic) bond motifs is 1. The van der Waals surface area contributed by atoms with Crippen molar-refractivity contribution in [1.29, 1.82) is 0 Å². The Morgan fingerprint density at radius 3 is 2.95 bits per heavy atom. The van der Waals surface area contributed by atoms with Crippen LogP contribution in [0.1, 0.15) is 12.8 Å². The Bertz CT molecular complexity index is 686. The maximum absolute atomic E-state index is 12.5. The number of esters is 1. The van der Waals surface area contributed by atoms with Crippen molar-refractivity contribution in [2.45, 2.75) is 18.9 Å². The molecule has 0 radical (unpaired) electrons. The molecule has 7 nitrogen and oxygen atoms in total. The molecule has 22 heavy (non-hydrogen) atoms. The van der Waals surface area contributed by atoms with Gasteiger partial charge in [-0.05, 0) is 24.8 Å². The first kappa shape index (κ1) is 13.2. The first-order chi connectivity index (χ1) is 10.5. The van der Waals surface area contributed by atoms with Crippen LogP contribution in [0.2, 0.25) is 0 Å². The molecule has 3 aliphatic rings. The van der Waals surface area contributed by atoms with Gasteiger partial charge in [-0.15, -0.1) is 0 Å². The normalized spacial score (nSPS) is 34.5. The van der Waals surface area contributed by atoms with E-state index < -0.39 is 4.92 Å². The molecule has 1 amide bonds. The molecule has 0 spiro atoms. The van der Waals surface area contributed by atoms with E-state index in [1.807, 2.05) is 0 Å². The second-order valence-electron chi connectivity index (χ2n) is 6.22. The van der Waals surface area contributed by atoms with Gasteiger partial charge < -0.3 is 10.1 Å². The standard InChI is InChI=1S/C15H14N2O5/c18-14(16-8-2-1-3-9(6-8)17(20)21)12-7-4-10-11(5-7)22-15(19)13(10)12/h1-3,6-7,10-13H,4-5H2,(H,16,18). The second kappa shape index (κ2) is 4.53. The minimum atomic E-state index is -0.508. The van der Waals surface area contributed by atoms with Crippen molar-refractivity contribution in [1.82, 2.24) is 0 Å². The molecule has 1 aliphatic heterocycles. The van der Waals surface area contributed by atoms with Gasteiger partial charge in [0.1, 0.15) is 6.10 Å². The third kappa shape index (κ3) is 1.81. The molecule has 4 rings (SSSR count). The fraction of sp³-hybridized carbons (Fsp3) is 0.467. The SMILES string of the molecule is O=C(Nc1cccc([N+](=O)[O-])c1)C1C2CC3OC(=O)C1C3C2. The Kier molecular flexibility index (Phi) is 2.72. The molecular weight excluding hydrogens is 288 g/mol. The van der Waals surface area contributed by atoms with Gasteiger partial charge >= 0.3 is 5.97 Å². The maximum Gasteiger partial charge on any atom is 0.310 e. The van der Waals surface area contributed by atoms with Crippen LogP contribution in [0.25, 0.3) is 0 Å². The summed E-state index contributed by atoms with van der Waals surface area (Å²) in [7, 11) is 0. The van der Waals surface area contributed by atoms with Gasteiger partial charge in [-0.3, -0.25) is 19.7 Å². The lowest BCUT2D eigenvalue weighted by molar-refractivity contribution is -0.384. The van der Waals surface area contributed by atoms with E-state index in [1.165, 1.54) is 18.2 Å². The van der Waals surface area contributed by atoms with Gasteiger partial charge in [0.15, 0.2) is 0 Å². The number of amides is 1. The molecule has 2 aliphatic carbocycles. The summed E-state index contributed by atoms with van der Waals surface area (Å²) in [6.07, 6.45) is 1.60. The van der Waals surface area contributed by atoms with Gasteiger partial charge in [0.2, 0.25) is 5.91 Å². The molecule has 5 atom stereocenters. The van der Waals surface area contributed by atoms with Gasteiger partial charge in [-0.1, -0.05) is 6.07 Å². The number of nitro benzene ring substituents is 1. The predicted octanol–water partition coefficient (Wildman–Crippen LogP) is 1.73. The van der Waals surface area contributed by atoms with Gasteiger partial charge in [0, 0.05) is 23.7 Å². The van der Waals surface area contributed by atoms with Crippen LogP contribution in [0.15, 0.2) is 24.3 Å².